The quantitative estimate of drug-likeness (QED) is 0.789. The minimum absolute atomic E-state index is 0.193. The Morgan fingerprint density at radius 3 is 2.52 bits per heavy atom. The lowest BCUT2D eigenvalue weighted by Gasteiger charge is -2.12. The number of phenolic OH excluding ortho intramolecular Hbond substituents is 1. The first kappa shape index (κ1) is 15.1. The molecule has 6 heteroatoms. The highest BCUT2D eigenvalue weighted by Gasteiger charge is 2.18. The first-order chi connectivity index (χ1) is 9.88. The van der Waals surface area contributed by atoms with E-state index in [2.05, 4.69) is 10.4 Å². The van der Waals surface area contributed by atoms with Crippen LogP contribution in [-0.2, 0) is 18.3 Å². The standard InChI is InChI=1S/C15H20N4O2/c1-9-14(10(2)19(3)18-9)17-15(21)13(16)8-11-4-6-12(20)7-5-11/h4-7,13,20H,8,16H2,1-3H3,(H,17,21)/t13-/m0/s1. The van der Waals surface area contributed by atoms with Gasteiger partial charge in [-0.3, -0.25) is 9.48 Å². The summed E-state index contributed by atoms with van der Waals surface area (Å²) in [6, 6.07) is 6.00. The summed E-state index contributed by atoms with van der Waals surface area (Å²) in [5, 5.41) is 16.3. The summed E-state index contributed by atoms with van der Waals surface area (Å²) in [7, 11) is 1.83. The second-order valence-electron chi connectivity index (χ2n) is 5.14. The molecule has 0 fully saturated rings. The van der Waals surface area contributed by atoms with Gasteiger partial charge in [0.15, 0.2) is 0 Å². The van der Waals surface area contributed by atoms with E-state index in [0.29, 0.717) is 12.1 Å². The first-order valence-electron chi connectivity index (χ1n) is 6.73. The number of carbonyl (C=O) groups excluding carboxylic acids is 1. The van der Waals surface area contributed by atoms with Crippen molar-refractivity contribution in [3.63, 3.8) is 0 Å². The molecule has 2 rings (SSSR count). The molecule has 1 aromatic heterocycles. The van der Waals surface area contributed by atoms with Gasteiger partial charge in [-0.05, 0) is 38.0 Å². The Kier molecular flexibility index (Phi) is 4.28. The van der Waals surface area contributed by atoms with Gasteiger partial charge in [-0.1, -0.05) is 12.1 Å². The Balaban J connectivity index is 2.04. The zero-order valence-corrected chi connectivity index (χ0v) is 12.4. The second-order valence-corrected chi connectivity index (χ2v) is 5.14. The number of hydrogen-bond acceptors (Lipinski definition) is 4. The van der Waals surface area contributed by atoms with Gasteiger partial charge in [0.2, 0.25) is 5.91 Å². The highest BCUT2D eigenvalue weighted by atomic mass is 16.3. The lowest BCUT2D eigenvalue weighted by Crippen LogP contribution is -2.37. The minimum Gasteiger partial charge on any atom is -0.508 e. The Morgan fingerprint density at radius 2 is 2.00 bits per heavy atom. The maximum atomic E-state index is 12.2. The van der Waals surface area contributed by atoms with E-state index in [1.807, 2.05) is 20.9 Å². The summed E-state index contributed by atoms with van der Waals surface area (Å²) in [6.07, 6.45) is 0.407. The normalized spacial score (nSPS) is 12.2. The van der Waals surface area contributed by atoms with Crippen LogP contribution in [0.3, 0.4) is 0 Å². The first-order valence-corrected chi connectivity index (χ1v) is 6.73. The fourth-order valence-electron chi connectivity index (χ4n) is 2.15. The number of phenols is 1. The van der Waals surface area contributed by atoms with Gasteiger partial charge in [-0.25, -0.2) is 0 Å². The zero-order valence-electron chi connectivity index (χ0n) is 12.4. The monoisotopic (exact) mass is 288 g/mol. The molecule has 0 aliphatic rings. The number of carbonyl (C=O) groups is 1. The van der Waals surface area contributed by atoms with Crippen LogP contribution >= 0.6 is 0 Å². The number of hydrogen-bond donors (Lipinski definition) is 3. The summed E-state index contributed by atoms with van der Waals surface area (Å²) >= 11 is 0. The molecule has 0 aliphatic heterocycles. The number of nitrogens with zero attached hydrogens (tertiary/aromatic N) is 2. The summed E-state index contributed by atoms with van der Waals surface area (Å²) in [4.78, 5) is 12.2. The van der Waals surface area contributed by atoms with Crippen molar-refractivity contribution in [3.05, 3.63) is 41.2 Å². The number of anilines is 1. The third-order valence-electron chi connectivity index (χ3n) is 3.49. The molecule has 0 bridgehead atoms. The lowest BCUT2D eigenvalue weighted by atomic mass is 10.1. The van der Waals surface area contributed by atoms with E-state index >= 15 is 0 Å². The number of benzene rings is 1. The molecule has 0 saturated carbocycles. The molecule has 0 spiro atoms. The molecule has 112 valence electrons. The van der Waals surface area contributed by atoms with Crippen molar-refractivity contribution in [2.45, 2.75) is 26.3 Å². The second kappa shape index (κ2) is 5.97. The number of rotatable bonds is 4. The van der Waals surface area contributed by atoms with Crippen molar-refractivity contribution in [2.75, 3.05) is 5.32 Å². The van der Waals surface area contributed by atoms with Crippen molar-refractivity contribution in [1.82, 2.24) is 9.78 Å². The van der Waals surface area contributed by atoms with E-state index in [9.17, 15) is 9.90 Å². The predicted octanol–water partition coefficient (Wildman–Crippen LogP) is 1.25. The van der Waals surface area contributed by atoms with Crippen LogP contribution in [0.5, 0.6) is 5.75 Å². The largest absolute Gasteiger partial charge is 0.508 e. The highest BCUT2D eigenvalue weighted by molar-refractivity contribution is 5.95. The van der Waals surface area contributed by atoms with E-state index in [0.717, 1.165) is 17.0 Å². The molecule has 1 heterocycles. The zero-order chi connectivity index (χ0) is 15.6. The van der Waals surface area contributed by atoms with Crippen LogP contribution in [0.1, 0.15) is 17.0 Å². The van der Waals surface area contributed by atoms with Gasteiger partial charge in [-0.15, -0.1) is 0 Å². The molecule has 6 nitrogen and oxygen atoms in total. The fraction of sp³-hybridized carbons (Fsp3) is 0.333. The third-order valence-corrected chi connectivity index (χ3v) is 3.49. The Hall–Kier alpha value is -2.34. The minimum atomic E-state index is -0.659. The summed E-state index contributed by atoms with van der Waals surface area (Å²) in [5.74, 6) is -0.0549. The summed E-state index contributed by atoms with van der Waals surface area (Å²) in [5.41, 5.74) is 9.20. The van der Waals surface area contributed by atoms with Crippen LogP contribution in [0.25, 0.3) is 0 Å². The maximum absolute atomic E-state index is 12.2. The van der Waals surface area contributed by atoms with E-state index in [1.54, 1.807) is 28.9 Å². The smallest absolute Gasteiger partial charge is 0.241 e. The van der Waals surface area contributed by atoms with Gasteiger partial charge >= 0.3 is 0 Å². The van der Waals surface area contributed by atoms with Crippen LogP contribution in [0, 0.1) is 13.8 Å². The maximum Gasteiger partial charge on any atom is 0.241 e. The molecular formula is C15H20N4O2. The van der Waals surface area contributed by atoms with Crippen molar-refractivity contribution in [3.8, 4) is 5.75 Å². The molecule has 4 N–H and O–H groups in total. The Morgan fingerprint density at radius 1 is 1.38 bits per heavy atom. The lowest BCUT2D eigenvalue weighted by molar-refractivity contribution is -0.117. The molecule has 1 atom stereocenters. The van der Waals surface area contributed by atoms with Gasteiger partial charge in [0.25, 0.3) is 0 Å². The van der Waals surface area contributed by atoms with Gasteiger partial charge in [-0.2, -0.15) is 5.10 Å². The fourth-order valence-corrected chi connectivity index (χ4v) is 2.15. The van der Waals surface area contributed by atoms with Crippen LogP contribution in [0.2, 0.25) is 0 Å². The van der Waals surface area contributed by atoms with Crippen molar-refractivity contribution in [1.29, 1.82) is 0 Å². The Labute approximate surface area is 123 Å². The average Bonchev–Trinajstić information content (AvgIpc) is 2.68. The number of amides is 1. The molecule has 2 aromatic rings. The van der Waals surface area contributed by atoms with E-state index < -0.39 is 6.04 Å². The summed E-state index contributed by atoms with van der Waals surface area (Å²) in [6.45, 7) is 3.73. The van der Waals surface area contributed by atoms with Gasteiger partial charge in [0.1, 0.15) is 5.75 Å². The topological polar surface area (TPSA) is 93.2 Å². The highest BCUT2D eigenvalue weighted by Crippen LogP contribution is 2.18. The number of aryl methyl sites for hydroxylation is 2. The van der Waals surface area contributed by atoms with Crippen molar-refractivity contribution >= 4 is 11.6 Å². The number of nitrogens with two attached hydrogens (primary N) is 1. The number of aromatic hydroxyl groups is 1. The van der Waals surface area contributed by atoms with E-state index in [1.165, 1.54) is 0 Å². The van der Waals surface area contributed by atoms with Gasteiger partial charge in [0.05, 0.1) is 23.1 Å². The number of aromatic nitrogens is 2. The van der Waals surface area contributed by atoms with Crippen LogP contribution in [0.4, 0.5) is 5.69 Å². The van der Waals surface area contributed by atoms with E-state index in [4.69, 9.17) is 5.73 Å². The average molecular weight is 288 g/mol. The number of nitrogens with one attached hydrogen (secondary N) is 1. The molecular weight excluding hydrogens is 268 g/mol. The van der Waals surface area contributed by atoms with Gasteiger partial charge < -0.3 is 16.2 Å². The summed E-state index contributed by atoms with van der Waals surface area (Å²) < 4.78 is 1.72. The molecule has 0 unspecified atom stereocenters. The van der Waals surface area contributed by atoms with Crippen molar-refractivity contribution in [2.24, 2.45) is 12.8 Å². The molecule has 0 saturated heterocycles. The molecule has 21 heavy (non-hydrogen) atoms. The third kappa shape index (κ3) is 3.41. The predicted molar refractivity (Wildman–Crippen MR) is 81.1 cm³/mol. The molecule has 0 radical (unpaired) electrons. The molecule has 1 aromatic carbocycles. The molecule has 0 aliphatic carbocycles. The SMILES string of the molecule is Cc1nn(C)c(C)c1NC(=O)[C@@H](N)Cc1ccc(O)cc1. The van der Waals surface area contributed by atoms with Crippen LogP contribution in [0.15, 0.2) is 24.3 Å². The van der Waals surface area contributed by atoms with Crippen LogP contribution < -0.4 is 11.1 Å². The Bertz CT molecular complexity index is 646. The molecule has 1 amide bonds. The van der Waals surface area contributed by atoms with Crippen molar-refractivity contribution < 1.29 is 9.90 Å². The van der Waals surface area contributed by atoms with E-state index in [-0.39, 0.29) is 11.7 Å². The van der Waals surface area contributed by atoms with Gasteiger partial charge in [0, 0.05) is 7.05 Å². The van der Waals surface area contributed by atoms with Crippen LogP contribution in [-0.4, -0.2) is 26.8 Å².